The summed E-state index contributed by atoms with van der Waals surface area (Å²) in [5.41, 5.74) is 0.345. The third kappa shape index (κ3) is 6.89. The van der Waals surface area contributed by atoms with Gasteiger partial charge in [-0.15, -0.1) is 0 Å². The number of carbonyl (C=O) groups is 2. The van der Waals surface area contributed by atoms with Gasteiger partial charge >= 0.3 is 5.97 Å². The maximum absolute atomic E-state index is 13.0. The van der Waals surface area contributed by atoms with E-state index < -0.39 is 17.6 Å². The van der Waals surface area contributed by atoms with Gasteiger partial charge in [0.2, 0.25) is 0 Å². The van der Waals surface area contributed by atoms with E-state index in [9.17, 15) is 19.8 Å². The maximum Gasteiger partial charge on any atom is 0.305 e. The molecule has 5 nitrogen and oxygen atoms in total. The first kappa shape index (κ1) is 26.8. The summed E-state index contributed by atoms with van der Waals surface area (Å²) < 4.78 is 4.64. The molecule has 0 radical (unpaired) electrons. The number of hydrogen-bond acceptors (Lipinski definition) is 5. The zero-order valence-corrected chi connectivity index (χ0v) is 21.0. The number of ether oxygens (including phenoxy) is 1. The van der Waals surface area contributed by atoms with Crippen LogP contribution in [0.25, 0.3) is 10.8 Å². The molecule has 35 heavy (non-hydrogen) atoms. The van der Waals surface area contributed by atoms with Crippen molar-refractivity contribution in [2.75, 3.05) is 7.11 Å². The van der Waals surface area contributed by atoms with Crippen molar-refractivity contribution in [2.45, 2.75) is 64.6 Å². The number of aliphatic hydroxyl groups excluding tert-OH is 2. The molecule has 1 aliphatic carbocycles. The van der Waals surface area contributed by atoms with E-state index in [1.54, 1.807) is 19.9 Å². The molecule has 1 aliphatic rings. The van der Waals surface area contributed by atoms with E-state index in [1.807, 2.05) is 30.4 Å². The number of fused-ring (bicyclic) bond motifs is 1. The van der Waals surface area contributed by atoms with Gasteiger partial charge in [-0.25, -0.2) is 0 Å². The second-order valence-corrected chi connectivity index (χ2v) is 10.1. The zero-order chi connectivity index (χ0) is 25.4. The second kappa shape index (κ2) is 12.3. The van der Waals surface area contributed by atoms with Crippen molar-refractivity contribution in [1.29, 1.82) is 0 Å². The fraction of sp³-hybridized carbons (Fsp3) is 0.467. The predicted octanol–water partition coefficient (Wildman–Crippen LogP) is 5.18. The normalized spacial score (nSPS) is 22.9. The molecule has 2 N–H and O–H groups in total. The molecule has 0 amide bonds. The van der Waals surface area contributed by atoms with Crippen LogP contribution in [0.5, 0.6) is 0 Å². The Morgan fingerprint density at radius 1 is 1.14 bits per heavy atom. The molecule has 1 fully saturated rings. The Bertz CT molecular complexity index is 1070. The SMILES string of the molecule is COC(=O)CCC/C=C\C[C@H]1C(=O)C(C)(C)[C@@H](O)[C@@H]1/C=C/C(O)CCc1ccc2ccccc2c1. The summed E-state index contributed by atoms with van der Waals surface area (Å²) in [7, 11) is 1.38. The molecule has 0 bridgehead atoms. The number of benzene rings is 2. The highest BCUT2D eigenvalue weighted by Crippen LogP contribution is 2.44. The molecule has 0 saturated heterocycles. The summed E-state index contributed by atoms with van der Waals surface area (Å²) in [6.45, 7) is 3.58. The first-order valence-electron chi connectivity index (χ1n) is 12.5. The minimum absolute atomic E-state index is 0.0458. The minimum Gasteiger partial charge on any atom is -0.469 e. The second-order valence-electron chi connectivity index (χ2n) is 10.1. The number of esters is 1. The Balaban J connectivity index is 1.57. The van der Waals surface area contributed by atoms with Crippen molar-refractivity contribution in [2.24, 2.45) is 17.3 Å². The number of aliphatic hydroxyl groups is 2. The first-order valence-corrected chi connectivity index (χ1v) is 12.5. The van der Waals surface area contributed by atoms with Gasteiger partial charge in [0, 0.05) is 18.3 Å². The Morgan fingerprint density at radius 2 is 1.89 bits per heavy atom. The number of carbonyl (C=O) groups excluding carboxylic acids is 2. The molecule has 4 atom stereocenters. The van der Waals surface area contributed by atoms with Crippen LogP contribution in [-0.4, -0.2) is 41.3 Å². The molecule has 1 unspecified atom stereocenters. The van der Waals surface area contributed by atoms with E-state index >= 15 is 0 Å². The minimum atomic E-state index is -0.825. The van der Waals surface area contributed by atoms with Crippen LogP contribution in [0, 0.1) is 17.3 Å². The predicted molar refractivity (Wildman–Crippen MR) is 139 cm³/mol. The largest absolute Gasteiger partial charge is 0.469 e. The van der Waals surface area contributed by atoms with Crippen molar-refractivity contribution in [3.05, 3.63) is 72.3 Å². The van der Waals surface area contributed by atoms with Crippen molar-refractivity contribution >= 4 is 22.5 Å². The van der Waals surface area contributed by atoms with Crippen LogP contribution in [0.1, 0.15) is 51.5 Å². The lowest BCUT2D eigenvalue weighted by Gasteiger charge is -2.22. The first-order chi connectivity index (χ1) is 16.7. The monoisotopic (exact) mass is 478 g/mol. The van der Waals surface area contributed by atoms with E-state index in [2.05, 4.69) is 35.1 Å². The lowest BCUT2D eigenvalue weighted by Crippen LogP contribution is -2.31. The highest BCUT2D eigenvalue weighted by Gasteiger charge is 2.52. The molecule has 2 aromatic carbocycles. The Labute approximate surface area is 208 Å². The van der Waals surface area contributed by atoms with Gasteiger partial charge in [0.25, 0.3) is 0 Å². The zero-order valence-electron chi connectivity index (χ0n) is 21.0. The van der Waals surface area contributed by atoms with Crippen LogP contribution in [0.15, 0.2) is 66.8 Å². The summed E-state index contributed by atoms with van der Waals surface area (Å²) in [5.74, 6) is -0.850. The maximum atomic E-state index is 13.0. The van der Waals surface area contributed by atoms with Crippen LogP contribution in [0.4, 0.5) is 0 Å². The molecule has 0 aliphatic heterocycles. The van der Waals surface area contributed by atoms with Crippen molar-refractivity contribution in [3.8, 4) is 0 Å². The van der Waals surface area contributed by atoms with Gasteiger partial charge < -0.3 is 14.9 Å². The van der Waals surface area contributed by atoms with E-state index in [0.717, 1.165) is 12.8 Å². The Morgan fingerprint density at radius 3 is 2.63 bits per heavy atom. The molecular weight excluding hydrogens is 440 g/mol. The summed E-state index contributed by atoms with van der Waals surface area (Å²) in [5, 5.41) is 23.8. The number of Topliss-reactive ketones (excluding diaryl/α,β-unsaturated/α-hetero) is 1. The average molecular weight is 479 g/mol. The summed E-state index contributed by atoms with van der Waals surface area (Å²) in [4.78, 5) is 24.2. The number of methoxy groups -OCH3 is 1. The van der Waals surface area contributed by atoms with Gasteiger partial charge in [-0.1, -0.05) is 80.6 Å². The average Bonchev–Trinajstić information content (AvgIpc) is 3.02. The van der Waals surface area contributed by atoms with Crippen LogP contribution in [0.3, 0.4) is 0 Å². The smallest absolute Gasteiger partial charge is 0.305 e. The highest BCUT2D eigenvalue weighted by atomic mass is 16.5. The molecule has 0 aromatic heterocycles. The highest BCUT2D eigenvalue weighted by molar-refractivity contribution is 5.90. The van der Waals surface area contributed by atoms with E-state index in [-0.39, 0.29) is 23.6 Å². The molecule has 3 rings (SSSR count). The Hall–Kier alpha value is -2.76. The molecule has 188 valence electrons. The quantitative estimate of drug-likeness (QED) is 0.264. The molecule has 5 heteroatoms. The van der Waals surface area contributed by atoms with E-state index in [0.29, 0.717) is 25.7 Å². The van der Waals surface area contributed by atoms with Crippen LogP contribution >= 0.6 is 0 Å². The Kier molecular flexibility index (Phi) is 9.41. The standard InChI is InChI=1S/C30H38O5/c1-30(2)28(33)25(12-6-4-5-7-13-27(32)35-3)26(29(30)34)19-18-24(31)17-15-21-14-16-22-10-8-9-11-23(22)20-21/h4,6,8-11,14,16,18-20,24-26,29,31,34H,5,7,12-13,15,17H2,1-3H3/b6-4-,19-18+/t24?,25-,26-,29+/m1/s1. The number of unbranched alkanes of at least 4 members (excludes halogenated alkanes) is 1. The number of rotatable bonds is 11. The molecule has 2 aromatic rings. The number of hydrogen-bond donors (Lipinski definition) is 2. The van der Waals surface area contributed by atoms with Gasteiger partial charge in [-0.2, -0.15) is 0 Å². The molecule has 0 spiro atoms. The fourth-order valence-corrected chi connectivity index (χ4v) is 4.89. The van der Waals surface area contributed by atoms with Crippen LogP contribution in [0.2, 0.25) is 0 Å². The van der Waals surface area contributed by atoms with Crippen LogP contribution in [-0.2, 0) is 20.7 Å². The van der Waals surface area contributed by atoms with Crippen molar-refractivity contribution in [3.63, 3.8) is 0 Å². The van der Waals surface area contributed by atoms with Crippen molar-refractivity contribution in [1.82, 2.24) is 0 Å². The third-order valence-corrected chi connectivity index (χ3v) is 7.17. The fourth-order valence-electron chi connectivity index (χ4n) is 4.89. The van der Waals surface area contributed by atoms with Gasteiger partial charge in [0.1, 0.15) is 5.78 Å². The van der Waals surface area contributed by atoms with Gasteiger partial charge in [0.05, 0.1) is 24.7 Å². The summed E-state index contributed by atoms with van der Waals surface area (Å²) in [6, 6.07) is 14.6. The number of ketones is 1. The molecular formula is C30H38O5. The third-order valence-electron chi connectivity index (χ3n) is 7.17. The van der Waals surface area contributed by atoms with Gasteiger partial charge in [-0.05, 0) is 48.4 Å². The number of aryl methyl sites for hydroxylation is 1. The summed E-state index contributed by atoms with van der Waals surface area (Å²) in [6.07, 6.45) is 9.70. The van der Waals surface area contributed by atoms with Crippen LogP contribution < -0.4 is 0 Å². The van der Waals surface area contributed by atoms with E-state index in [4.69, 9.17) is 0 Å². The van der Waals surface area contributed by atoms with E-state index in [1.165, 1.54) is 23.4 Å². The van der Waals surface area contributed by atoms with Crippen molar-refractivity contribution < 1.29 is 24.5 Å². The van der Waals surface area contributed by atoms with Gasteiger partial charge in [-0.3, -0.25) is 9.59 Å². The molecule has 0 heterocycles. The lowest BCUT2D eigenvalue weighted by molar-refractivity contribution is -0.140. The molecule has 1 saturated carbocycles. The number of allylic oxidation sites excluding steroid dienone is 2. The van der Waals surface area contributed by atoms with Gasteiger partial charge in [0.15, 0.2) is 0 Å². The summed E-state index contributed by atoms with van der Waals surface area (Å²) >= 11 is 0. The topological polar surface area (TPSA) is 83.8 Å². The lowest BCUT2D eigenvalue weighted by atomic mass is 9.86.